The maximum Gasteiger partial charge on any atom is 0.234 e. The van der Waals surface area contributed by atoms with Crippen LogP contribution >= 0.6 is 23.1 Å². The fourth-order valence-corrected chi connectivity index (χ4v) is 3.76. The molecule has 0 aliphatic heterocycles. The molecule has 5 heteroatoms. The van der Waals surface area contributed by atoms with Gasteiger partial charge < -0.3 is 5.32 Å². The normalized spacial score (nSPS) is 12.3. The molecule has 2 aromatic heterocycles. The summed E-state index contributed by atoms with van der Waals surface area (Å²) < 4.78 is 1.18. The number of amides is 1. The van der Waals surface area contributed by atoms with Crippen molar-refractivity contribution < 1.29 is 4.79 Å². The minimum Gasteiger partial charge on any atom is -0.351 e. The number of nitrogens with one attached hydrogen (secondary N) is 1. The summed E-state index contributed by atoms with van der Waals surface area (Å²) in [5.41, 5.74) is 1.02. The molecule has 2 rings (SSSR count). The number of nitrogens with zero attached hydrogens (tertiary/aromatic N) is 1. The van der Waals surface area contributed by atoms with E-state index < -0.39 is 0 Å². The lowest BCUT2D eigenvalue weighted by Gasteiger charge is -2.19. The number of carbonyl (C=O) groups excluding carboxylic acids is 1. The van der Waals surface area contributed by atoms with Crippen molar-refractivity contribution in [2.45, 2.75) is 29.9 Å². The predicted molar refractivity (Wildman–Crippen MR) is 84.9 cm³/mol. The highest BCUT2D eigenvalue weighted by Crippen LogP contribution is 2.31. The van der Waals surface area contributed by atoms with Gasteiger partial charge in [0, 0.05) is 18.9 Å². The molecule has 1 unspecified atom stereocenters. The largest absolute Gasteiger partial charge is 0.351 e. The Labute approximate surface area is 127 Å². The van der Waals surface area contributed by atoms with Gasteiger partial charge in [0.1, 0.15) is 0 Å². The number of carbonyl (C=O) groups is 1. The van der Waals surface area contributed by atoms with Gasteiger partial charge in [0.15, 0.2) is 0 Å². The zero-order chi connectivity index (χ0) is 14.4. The van der Waals surface area contributed by atoms with Crippen LogP contribution in [-0.2, 0) is 11.3 Å². The lowest BCUT2D eigenvalue weighted by atomic mass is 10.1. The van der Waals surface area contributed by atoms with Gasteiger partial charge in [-0.2, -0.15) is 0 Å². The van der Waals surface area contributed by atoms with Gasteiger partial charge in [0.05, 0.1) is 9.46 Å². The monoisotopic (exact) mass is 306 g/mol. The number of thiophene rings is 1. The SMILES string of the molecule is CC(C)C(Sc1cccs1)C(=O)NCc1cccnc1. The molecule has 1 atom stereocenters. The second kappa shape index (κ2) is 7.45. The van der Waals surface area contributed by atoms with Crippen LogP contribution in [0.25, 0.3) is 0 Å². The van der Waals surface area contributed by atoms with E-state index in [-0.39, 0.29) is 17.1 Å². The Balaban J connectivity index is 1.93. The molecule has 0 aliphatic rings. The quantitative estimate of drug-likeness (QED) is 0.830. The van der Waals surface area contributed by atoms with Crippen molar-refractivity contribution in [1.82, 2.24) is 10.3 Å². The Morgan fingerprint density at radius 1 is 1.40 bits per heavy atom. The molecule has 20 heavy (non-hydrogen) atoms. The predicted octanol–water partition coefficient (Wildman–Crippen LogP) is 3.58. The molecule has 1 N–H and O–H groups in total. The number of rotatable bonds is 6. The molecule has 0 spiro atoms. The summed E-state index contributed by atoms with van der Waals surface area (Å²) in [7, 11) is 0. The van der Waals surface area contributed by atoms with Crippen LogP contribution in [0.2, 0.25) is 0 Å². The van der Waals surface area contributed by atoms with E-state index in [2.05, 4.69) is 30.2 Å². The molecular weight excluding hydrogens is 288 g/mol. The van der Waals surface area contributed by atoms with Crippen molar-refractivity contribution in [3.05, 3.63) is 47.6 Å². The Hall–Kier alpha value is -1.33. The number of hydrogen-bond acceptors (Lipinski definition) is 4. The number of aromatic nitrogens is 1. The molecule has 0 radical (unpaired) electrons. The van der Waals surface area contributed by atoms with E-state index in [1.54, 1.807) is 35.5 Å². The van der Waals surface area contributed by atoms with E-state index in [4.69, 9.17) is 0 Å². The van der Waals surface area contributed by atoms with E-state index in [0.29, 0.717) is 6.54 Å². The van der Waals surface area contributed by atoms with Crippen LogP contribution in [0.15, 0.2) is 46.2 Å². The van der Waals surface area contributed by atoms with Gasteiger partial charge in [-0.05, 0) is 29.0 Å². The van der Waals surface area contributed by atoms with Crippen LogP contribution in [0.1, 0.15) is 19.4 Å². The summed E-state index contributed by atoms with van der Waals surface area (Å²) in [5, 5.41) is 4.97. The van der Waals surface area contributed by atoms with Gasteiger partial charge >= 0.3 is 0 Å². The van der Waals surface area contributed by atoms with Crippen molar-refractivity contribution in [1.29, 1.82) is 0 Å². The molecular formula is C15H18N2OS2. The average Bonchev–Trinajstić information content (AvgIpc) is 2.96. The second-order valence-corrected chi connectivity index (χ2v) is 7.18. The van der Waals surface area contributed by atoms with E-state index in [1.165, 1.54) is 4.21 Å². The Morgan fingerprint density at radius 2 is 2.25 bits per heavy atom. The molecule has 0 bridgehead atoms. The second-order valence-electron chi connectivity index (χ2n) is 4.79. The molecule has 0 aromatic carbocycles. The minimum absolute atomic E-state index is 0.0645. The first kappa shape index (κ1) is 15.1. The van der Waals surface area contributed by atoms with Gasteiger partial charge in [0.25, 0.3) is 0 Å². The summed E-state index contributed by atoms with van der Waals surface area (Å²) in [4.78, 5) is 16.4. The number of thioether (sulfide) groups is 1. The maximum absolute atomic E-state index is 12.3. The Kier molecular flexibility index (Phi) is 5.61. The molecule has 2 heterocycles. The average molecular weight is 306 g/mol. The first-order valence-corrected chi connectivity index (χ1v) is 8.29. The Bertz CT molecular complexity index is 526. The third-order valence-corrected chi connectivity index (χ3v) is 5.41. The molecule has 0 fully saturated rings. The summed E-state index contributed by atoms with van der Waals surface area (Å²) in [6, 6.07) is 7.91. The van der Waals surface area contributed by atoms with Crippen molar-refractivity contribution >= 4 is 29.0 Å². The fourth-order valence-electron chi connectivity index (χ4n) is 1.74. The summed E-state index contributed by atoms with van der Waals surface area (Å²) in [5.74, 6) is 0.373. The smallest absolute Gasteiger partial charge is 0.234 e. The van der Waals surface area contributed by atoms with Crippen molar-refractivity contribution in [2.24, 2.45) is 5.92 Å². The zero-order valence-corrected chi connectivity index (χ0v) is 13.2. The highest BCUT2D eigenvalue weighted by Gasteiger charge is 2.23. The van der Waals surface area contributed by atoms with Gasteiger partial charge in [0.2, 0.25) is 5.91 Å². The molecule has 2 aromatic rings. The van der Waals surface area contributed by atoms with Gasteiger partial charge in [-0.1, -0.05) is 26.0 Å². The van der Waals surface area contributed by atoms with Crippen molar-refractivity contribution in [2.75, 3.05) is 0 Å². The molecule has 3 nitrogen and oxygen atoms in total. The lowest BCUT2D eigenvalue weighted by Crippen LogP contribution is -2.35. The van der Waals surface area contributed by atoms with Crippen LogP contribution in [0, 0.1) is 5.92 Å². The van der Waals surface area contributed by atoms with Crippen molar-refractivity contribution in [3.63, 3.8) is 0 Å². The molecule has 0 aliphatic carbocycles. The van der Waals surface area contributed by atoms with Crippen LogP contribution in [0.4, 0.5) is 0 Å². The van der Waals surface area contributed by atoms with Crippen LogP contribution in [-0.4, -0.2) is 16.1 Å². The Morgan fingerprint density at radius 3 is 2.85 bits per heavy atom. The topological polar surface area (TPSA) is 42.0 Å². The van der Waals surface area contributed by atoms with Crippen LogP contribution in [0.3, 0.4) is 0 Å². The molecule has 0 saturated carbocycles. The van der Waals surface area contributed by atoms with Gasteiger partial charge in [-0.3, -0.25) is 9.78 Å². The number of hydrogen-bond donors (Lipinski definition) is 1. The lowest BCUT2D eigenvalue weighted by molar-refractivity contribution is -0.121. The number of pyridine rings is 1. The van der Waals surface area contributed by atoms with E-state index in [9.17, 15) is 4.79 Å². The fraction of sp³-hybridized carbons (Fsp3) is 0.333. The van der Waals surface area contributed by atoms with Crippen molar-refractivity contribution in [3.8, 4) is 0 Å². The van der Waals surface area contributed by atoms with Crippen LogP contribution < -0.4 is 5.32 Å². The maximum atomic E-state index is 12.3. The first-order chi connectivity index (χ1) is 9.66. The molecule has 1 amide bonds. The van der Waals surface area contributed by atoms with E-state index >= 15 is 0 Å². The van der Waals surface area contributed by atoms with Gasteiger partial charge in [-0.15, -0.1) is 23.1 Å². The van der Waals surface area contributed by atoms with Gasteiger partial charge in [-0.25, -0.2) is 0 Å². The summed E-state index contributed by atoms with van der Waals surface area (Å²) >= 11 is 3.31. The summed E-state index contributed by atoms with van der Waals surface area (Å²) in [6.07, 6.45) is 3.51. The third-order valence-electron chi connectivity index (χ3n) is 2.79. The third kappa shape index (κ3) is 4.35. The minimum atomic E-state index is -0.0645. The van der Waals surface area contributed by atoms with E-state index in [1.807, 2.05) is 23.6 Å². The van der Waals surface area contributed by atoms with Crippen LogP contribution in [0.5, 0.6) is 0 Å². The highest BCUT2D eigenvalue weighted by molar-refractivity contribution is 8.02. The van der Waals surface area contributed by atoms with E-state index in [0.717, 1.165) is 5.56 Å². The molecule has 0 saturated heterocycles. The zero-order valence-electron chi connectivity index (χ0n) is 11.6. The standard InChI is InChI=1S/C15H18N2OS2/c1-11(2)14(20-13-6-4-8-19-13)15(18)17-10-12-5-3-7-16-9-12/h3-9,11,14H,10H2,1-2H3,(H,17,18). The summed E-state index contributed by atoms with van der Waals surface area (Å²) in [6.45, 7) is 4.69. The molecule has 106 valence electrons. The first-order valence-electron chi connectivity index (χ1n) is 6.53. The highest BCUT2D eigenvalue weighted by atomic mass is 32.2.